The largest absolute Gasteiger partial charge is 0.511 e. The third-order valence-electron chi connectivity index (χ3n) is 5.03. The van der Waals surface area contributed by atoms with Crippen LogP contribution in [0.5, 0.6) is 5.75 Å². The van der Waals surface area contributed by atoms with Crippen molar-refractivity contribution in [3.63, 3.8) is 0 Å². The summed E-state index contributed by atoms with van der Waals surface area (Å²) >= 11 is 0. The maximum Gasteiger partial charge on any atom is 0.511 e. The van der Waals surface area contributed by atoms with Gasteiger partial charge in [-0.05, 0) is 63.9 Å². The molecular weight excluding hydrogens is 354 g/mol. The van der Waals surface area contributed by atoms with Crippen LogP contribution in [0.4, 0.5) is 4.79 Å². The van der Waals surface area contributed by atoms with Crippen molar-refractivity contribution in [1.29, 1.82) is 0 Å². The molecule has 1 atom stereocenters. The zero-order valence-electron chi connectivity index (χ0n) is 17.1. The summed E-state index contributed by atoms with van der Waals surface area (Å²) in [4.78, 5) is 13.6. The minimum Gasteiger partial charge on any atom is -0.449 e. The molecule has 2 aromatic rings. The van der Waals surface area contributed by atoms with E-state index in [4.69, 9.17) is 9.84 Å². The van der Waals surface area contributed by atoms with Gasteiger partial charge in [0.2, 0.25) is 0 Å². The highest BCUT2D eigenvalue weighted by Crippen LogP contribution is 2.36. The number of carboxylic acid groups (broad SMARTS) is 1. The van der Waals surface area contributed by atoms with Crippen LogP contribution < -0.4 is 4.74 Å². The number of aliphatic hydroxyl groups is 1. The monoisotopic (exact) mass is 385 g/mol. The first-order valence-corrected chi connectivity index (χ1v) is 9.78. The van der Waals surface area contributed by atoms with Gasteiger partial charge >= 0.3 is 6.16 Å². The molecule has 5 nitrogen and oxygen atoms in total. The van der Waals surface area contributed by atoms with E-state index in [9.17, 15) is 9.90 Å². The quantitative estimate of drug-likeness (QED) is 0.476. The third-order valence-corrected chi connectivity index (χ3v) is 5.03. The van der Waals surface area contributed by atoms with Crippen molar-refractivity contribution in [2.45, 2.75) is 58.7 Å². The molecule has 0 aliphatic carbocycles. The van der Waals surface area contributed by atoms with Gasteiger partial charge in [-0.1, -0.05) is 36.4 Å². The van der Waals surface area contributed by atoms with Crippen LogP contribution >= 0.6 is 0 Å². The van der Waals surface area contributed by atoms with Crippen LogP contribution in [0.2, 0.25) is 0 Å². The predicted molar refractivity (Wildman–Crippen MR) is 111 cm³/mol. The van der Waals surface area contributed by atoms with Gasteiger partial charge in [0.25, 0.3) is 0 Å². The van der Waals surface area contributed by atoms with E-state index in [1.54, 1.807) is 12.1 Å². The van der Waals surface area contributed by atoms with Crippen LogP contribution in [0.15, 0.2) is 48.5 Å². The Morgan fingerprint density at radius 2 is 1.68 bits per heavy atom. The average molecular weight is 386 g/mol. The number of aliphatic hydroxyl groups excluding tert-OH is 1. The van der Waals surface area contributed by atoms with E-state index in [0.717, 1.165) is 29.7 Å². The van der Waals surface area contributed by atoms with Crippen molar-refractivity contribution in [3.8, 4) is 5.75 Å². The fourth-order valence-electron chi connectivity index (χ4n) is 3.73. The first kappa shape index (κ1) is 21.9. The number of ether oxygens (including phenoxy) is 1. The highest BCUT2D eigenvalue weighted by molar-refractivity contribution is 5.63. The molecule has 0 aliphatic rings. The summed E-state index contributed by atoms with van der Waals surface area (Å²) in [5, 5.41) is 18.7. The number of carbonyl (C=O) groups is 1. The molecule has 5 heteroatoms. The summed E-state index contributed by atoms with van der Waals surface area (Å²) in [6.07, 6.45) is -0.526. The molecule has 0 fully saturated rings. The molecule has 0 aliphatic heterocycles. The Labute approximate surface area is 167 Å². The lowest BCUT2D eigenvalue weighted by Gasteiger charge is -2.32. The minimum absolute atomic E-state index is 0.0398. The topological polar surface area (TPSA) is 70.0 Å². The molecule has 0 saturated carbocycles. The van der Waals surface area contributed by atoms with Crippen LogP contribution in [0.25, 0.3) is 0 Å². The fourth-order valence-corrected chi connectivity index (χ4v) is 3.73. The van der Waals surface area contributed by atoms with E-state index in [0.29, 0.717) is 17.8 Å². The molecule has 1 unspecified atom stereocenters. The molecule has 0 bridgehead atoms. The van der Waals surface area contributed by atoms with Crippen molar-refractivity contribution >= 4 is 6.16 Å². The van der Waals surface area contributed by atoms with E-state index >= 15 is 0 Å². The lowest BCUT2D eigenvalue weighted by atomic mass is 9.86. The van der Waals surface area contributed by atoms with E-state index in [1.165, 1.54) is 0 Å². The van der Waals surface area contributed by atoms with Crippen molar-refractivity contribution in [3.05, 3.63) is 65.2 Å². The second kappa shape index (κ2) is 10.2. The zero-order chi connectivity index (χ0) is 20.7. The first-order valence-electron chi connectivity index (χ1n) is 9.78. The number of rotatable bonds is 9. The zero-order valence-corrected chi connectivity index (χ0v) is 17.1. The van der Waals surface area contributed by atoms with Gasteiger partial charge in [-0.3, -0.25) is 4.90 Å². The van der Waals surface area contributed by atoms with Gasteiger partial charge in [-0.2, -0.15) is 0 Å². The van der Waals surface area contributed by atoms with Crippen LogP contribution in [0.3, 0.4) is 0 Å². The summed E-state index contributed by atoms with van der Waals surface area (Å²) in [6, 6.07) is 16.0. The molecular formula is C23H31NO4. The Hall–Kier alpha value is -2.37. The maximum atomic E-state index is 11.2. The van der Waals surface area contributed by atoms with Gasteiger partial charge in [0.1, 0.15) is 5.75 Å². The van der Waals surface area contributed by atoms with E-state index < -0.39 is 6.16 Å². The average Bonchev–Trinajstić information content (AvgIpc) is 2.65. The van der Waals surface area contributed by atoms with Crippen molar-refractivity contribution < 1.29 is 19.7 Å². The van der Waals surface area contributed by atoms with E-state index in [1.807, 2.05) is 24.3 Å². The fraction of sp³-hybridized carbons (Fsp3) is 0.435. The van der Waals surface area contributed by atoms with Crippen molar-refractivity contribution in [2.24, 2.45) is 0 Å². The molecule has 0 aromatic heterocycles. The Balaban J connectivity index is 2.46. The molecule has 0 heterocycles. The summed E-state index contributed by atoms with van der Waals surface area (Å²) < 4.78 is 5.07. The third kappa shape index (κ3) is 5.81. The van der Waals surface area contributed by atoms with Gasteiger partial charge in [0, 0.05) is 23.6 Å². The molecule has 2 N–H and O–H groups in total. The molecule has 0 amide bonds. The maximum absolute atomic E-state index is 11.2. The smallest absolute Gasteiger partial charge is 0.449 e. The standard InChI is InChI=1S/C23H31NO4/c1-16(2)24(17(3)4)13-12-20(19-8-6-5-7-9-19)21-14-18(15-25)10-11-22(21)28-23(26)27/h5-11,14,16-17,20,25H,12-13,15H2,1-4H3,(H,26,27). The SMILES string of the molecule is CC(C)N(CCC(c1ccccc1)c1cc(CO)ccc1OC(=O)O)C(C)C. The molecule has 0 spiro atoms. The molecule has 0 saturated heterocycles. The lowest BCUT2D eigenvalue weighted by Crippen LogP contribution is -2.38. The summed E-state index contributed by atoms with van der Waals surface area (Å²) in [7, 11) is 0. The number of nitrogens with zero attached hydrogens (tertiary/aromatic N) is 1. The summed E-state index contributed by atoms with van der Waals surface area (Å²) in [6.45, 7) is 9.49. The van der Waals surface area contributed by atoms with Crippen LogP contribution in [-0.2, 0) is 6.61 Å². The van der Waals surface area contributed by atoms with Crippen LogP contribution in [0.1, 0.15) is 56.7 Å². The number of hydrogen-bond donors (Lipinski definition) is 2. The second-order valence-electron chi connectivity index (χ2n) is 7.58. The molecule has 2 rings (SSSR count). The summed E-state index contributed by atoms with van der Waals surface area (Å²) in [5.74, 6) is 0.279. The first-order chi connectivity index (χ1) is 13.3. The van der Waals surface area contributed by atoms with Gasteiger partial charge in [0.05, 0.1) is 6.61 Å². The molecule has 152 valence electrons. The van der Waals surface area contributed by atoms with E-state index in [-0.39, 0.29) is 12.5 Å². The Kier molecular flexibility index (Phi) is 8.03. The normalized spacial score (nSPS) is 12.6. The molecule has 2 aromatic carbocycles. The molecule has 28 heavy (non-hydrogen) atoms. The number of benzene rings is 2. The highest BCUT2D eigenvalue weighted by Gasteiger charge is 2.23. The Morgan fingerprint density at radius 1 is 1.04 bits per heavy atom. The highest BCUT2D eigenvalue weighted by atomic mass is 16.7. The summed E-state index contributed by atoms with van der Waals surface area (Å²) in [5.41, 5.74) is 2.62. The lowest BCUT2D eigenvalue weighted by molar-refractivity contribution is 0.143. The minimum atomic E-state index is -1.34. The van der Waals surface area contributed by atoms with Gasteiger partial charge in [-0.15, -0.1) is 0 Å². The van der Waals surface area contributed by atoms with Crippen molar-refractivity contribution in [2.75, 3.05) is 6.54 Å². The predicted octanol–water partition coefficient (Wildman–Crippen LogP) is 4.88. The van der Waals surface area contributed by atoms with Crippen LogP contribution in [0, 0.1) is 0 Å². The Bertz CT molecular complexity index is 750. The molecule has 0 radical (unpaired) electrons. The van der Waals surface area contributed by atoms with Gasteiger partial charge in [-0.25, -0.2) is 4.79 Å². The van der Waals surface area contributed by atoms with E-state index in [2.05, 4.69) is 44.7 Å². The second-order valence-corrected chi connectivity index (χ2v) is 7.58. The van der Waals surface area contributed by atoms with Crippen molar-refractivity contribution in [1.82, 2.24) is 4.90 Å². The number of hydrogen-bond acceptors (Lipinski definition) is 4. The van der Waals surface area contributed by atoms with Gasteiger partial charge < -0.3 is 14.9 Å². The van der Waals surface area contributed by atoms with Gasteiger partial charge in [0.15, 0.2) is 0 Å². The van der Waals surface area contributed by atoms with Crippen LogP contribution in [-0.4, -0.2) is 39.9 Å². The Morgan fingerprint density at radius 3 is 2.21 bits per heavy atom.